The van der Waals surface area contributed by atoms with Crippen molar-refractivity contribution >= 4 is 22.6 Å². The van der Waals surface area contributed by atoms with Gasteiger partial charge in [0.05, 0.1) is 24.0 Å². The standard InChI is InChI=1S/C17H18N4O2/c1-2-23-17-14(7-5-10-18-17)20-16(22)9-11-21-12-19-13-6-3-4-8-15(13)21/h3-8,10,12H,2,9,11H2,1H3,(H,20,22). The first kappa shape index (κ1) is 15.0. The molecule has 23 heavy (non-hydrogen) atoms. The molecule has 1 N–H and O–H groups in total. The van der Waals surface area contributed by atoms with E-state index in [1.807, 2.05) is 35.8 Å². The Balaban J connectivity index is 1.64. The Labute approximate surface area is 134 Å². The monoisotopic (exact) mass is 310 g/mol. The molecule has 0 radical (unpaired) electrons. The van der Waals surface area contributed by atoms with Gasteiger partial charge in [-0.2, -0.15) is 0 Å². The van der Waals surface area contributed by atoms with Crippen LogP contribution in [-0.4, -0.2) is 27.0 Å². The van der Waals surface area contributed by atoms with E-state index in [0.717, 1.165) is 11.0 Å². The number of imidazole rings is 1. The molecule has 1 amide bonds. The van der Waals surface area contributed by atoms with Gasteiger partial charge in [0.2, 0.25) is 11.8 Å². The minimum atomic E-state index is -0.0864. The van der Waals surface area contributed by atoms with Crippen molar-refractivity contribution in [2.24, 2.45) is 0 Å². The minimum Gasteiger partial charge on any atom is -0.476 e. The van der Waals surface area contributed by atoms with E-state index in [4.69, 9.17) is 4.74 Å². The predicted octanol–water partition coefficient (Wildman–Crippen LogP) is 2.86. The third-order valence-electron chi connectivity index (χ3n) is 3.43. The van der Waals surface area contributed by atoms with Crippen LogP contribution in [0.5, 0.6) is 5.88 Å². The fraction of sp³-hybridized carbons (Fsp3) is 0.235. The smallest absolute Gasteiger partial charge is 0.237 e. The molecule has 0 aliphatic rings. The summed E-state index contributed by atoms with van der Waals surface area (Å²) in [6, 6.07) is 11.4. The van der Waals surface area contributed by atoms with Crippen molar-refractivity contribution in [3.05, 3.63) is 48.9 Å². The first-order valence-corrected chi connectivity index (χ1v) is 7.55. The predicted molar refractivity (Wildman–Crippen MR) is 88.4 cm³/mol. The number of para-hydroxylation sites is 2. The Bertz CT molecular complexity index is 813. The van der Waals surface area contributed by atoms with Gasteiger partial charge in [-0.05, 0) is 31.2 Å². The molecule has 2 aromatic heterocycles. The first-order chi connectivity index (χ1) is 11.3. The highest BCUT2D eigenvalue weighted by Crippen LogP contribution is 2.20. The number of hydrogen-bond acceptors (Lipinski definition) is 4. The number of carbonyl (C=O) groups is 1. The number of benzene rings is 1. The van der Waals surface area contributed by atoms with E-state index in [-0.39, 0.29) is 5.91 Å². The van der Waals surface area contributed by atoms with E-state index in [1.165, 1.54) is 0 Å². The molecular weight excluding hydrogens is 292 g/mol. The van der Waals surface area contributed by atoms with Crippen LogP contribution < -0.4 is 10.1 Å². The van der Waals surface area contributed by atoms with Crippen molar-refractivity contribution in [1.82, 2.24) is 14.5 Å². The number of pyridine rings is 1. The summed E-state index contributed by atoms with van der Waals surface area (Å²) in [4.78, 5) is 20.6. The molecular formula is C17H18N4O2. The summed E-state index contributed by atoms with van der Waals surface area (Å²) in [7, 11) is 0. The maximum absolute atomic E-state index is 12.2. The van der Waals surface area contributed by atoms with Gasteiger partial charge in [0.15, 0.2) is 0 Å². The summed E-state index contributed by atoms with van der Waals surface area (Å²) in [6.45, 7) is 2.95. The van der Waals surface area contributed by atoms with Gasteiger partial charge in [-0.1, -0.05) is 12.1 Å². The van der Waals surface area contributed by atoms with E-state index >= 15 is 0 Å². The molecule has 0 fully saturated rings. The summed E-state index contributed by atoms with van der Waals surface area (Å²) in [6.07, 6.45) is 3.74. The van der Waals surface area contributed by atoms with Crippen molar-refractivity contribution < 1.29 is 9.53 Å². The molecule has 2 heterocycles. The zero-order valence-electron chi connectivity index (χ0n) is 12.9. The Morgan fingerprint density at radius 3 is 2.96 bits per heavy atom. The Morgan fingerprint density at radius 1 is 1.22 bits per heavy atom. The van der Waals surface area contributed by atoms with Crippen LogP contribution in [0, 0.1) is 0 Å². The molecule has 6 heteroatoms. The zero-order chi connectivity index (χ0) is 16.1. The van der Waals surface area contributed by atoms with Crippen LogP contribution in [0.15, 0.2) is 48.9 Å². The molecule has 0 unspecified atom stereocenters. The van der Waals surface area contributed by atoms with E-state index in [2.05, 4.69) is 15.3 Å². The molecule has 0 aliphatic heterocycles. The normalized spacial score (nSPS) is 10.7. The number of rotatable bonds is 6. The number of aromatic nitrogens is 3. The number of ether oxygens (including phenoxy) is 1. The highest BCUT2D eigenvalue weighted by molar-refractivity contribution is 5.91. The van der Waals surface area contributed by atoms with Gasteiger partial charge in [-0.3, -0.25) is 4.79 Å². The molecule has 0 bridgehead atoms. The van der Waals surface area contributed by atoms with E-state index < -0.39 is 0 Å². The van der Waals surface area contributed by atoms with Gasteiger partial charge >= 0.3 is 0 Å². The Morgan fingerprint density at radius 2 is 2.09 bits per heavy atom. The number of hydrogen-bond donors (Lipinski definition) is 1. The maximum atomic E-state index is 12.2. The van der Waals surface area contributed by atoms with Crippen LogP contribution in [-0.2, 0) is 11.3 Å². The summed E-state index contributed by atoms with van der Waals surface area (Å²) in [5.41, 5.74) is 2.55. The number of nitrogens with zero attached hydrogens (tertiary/aromatic N) is 3. The van der Waals surface area contributed by atoms with Crippen LogP contribution in [0.2, 0.25) is 0 Å². The van der Waals surface area contributed by atoms with Crippen molar-refractivity contribution in [2.45, 2.75) is 19.9 Å². The number of anilines is 1. The molecule has 3 aromatic rings. The van der Waals surface area contributed by atoms with Crippen LogP contribution in [0.25, 0.3) is 11.0 Å². The number of fused-ring (bicyclic) bond motifs is 1. The number of carbonyl (C=O) groups excluding carboxylic acids is 1. The van der Waals surface area contributed by atoms with Gasteiger partial charge in [0, 0.05) is 19.2 Å². The van der Waals surface area contributed by atoms with Crippen molar-refractivity contribution in [3.63, 3.8) is 0 Å². The molecule has 0 spiro atoms. The summed E-state index contributed by atoms with van der Waals surface area (Å²) in [5, 5.41) is 2.85. The summed E-state index contributed by atoms with van der Waals surface area (Å²) in [5.74, 6) is 0.355. The second-order valence-corrected chi connectivity index (χ2v) is 5.01. The lowest BCUT2D eigenvalue weighted by atomic mass is 10.3. The van der Waals surface area contributed by atoms with Gasteiger partial charge in [0.1, 0.15) is 5.69 Å². The number of amides is 1. The lowest BCUT2D eigenvalue weighted by Crippen LogP contribution is -2.15. The largest absolute Gasteiger partial charge is 0.476 e. The second kappa shape index (κ2) is 6.91. The van der Waals surface area contributed by atoms with Gasteiger partial charge in [-0.25, -0.2) is 9.97 Å². The number of aryl methyl sites for hydroxylation is 1. The molecule has 0 saturated heterocycles. The lowest BCUT2D eigenvalue weighted by molar-refractivity contribution is -0.116. The summed E-state index contributed by atoms with van der Waals surface area (Å²) >= 11 is 0. The van der Waals surface area contributed by atoms with Crippen molar-refractivity contribution in [1.29, 1.82) is 0 Å². The quantitative estimate of drug-likeness (QED) is 0.760. The lowest BCUT2D eigenvalue weighted by Gasteiger charge is -2.10. The maximum Gasteiger partial charge on any atom is 0.237 e. The highest BCUT2D eigenvalue weighted by atomic mass is 16.5. The number of nitrogens with one attached hydrogen (secondary N) is 1. The first-order valence-electron chi connectivity index (χ1n) is 7.55. The van der Waals surface area contributed by atoms with Crippen LogP contribution in [0.4, 0.5) is 5.69 Å². The third kappa shape index (κ3) is 3.48. The fourth-order valence-electron chi connectivity index (χ4n) is 2.36. The van der Waals surface area contributed by atoms with Crippen LogP contribution >= 0.6 is 0 Å². The molecule has 0 saturated carbocycles. The van der Waals surface area contributed by atoms with Gasteiger partial charge < -0.3 is 14.6 Å². The van der Waals surface area contributed by atoms with Crippen molar-refractivity contribution in [3.8, 4) is 5.88 Å². The van der Waals surface area contributed by atoms with E-state index in [0.29, 0.717) is 31.1 Å². The van der Waals surface area contributed by atoms with Crippen molar-refractivity contribution in [2.75, 3.05) is 11.9 Å². The summed E-state index contributed by atoms with van der Waals surface area (Å²) < 4.78 is 7.38. The molecule has 0 aliphatic carbocycles. The van der Waals surface area contributed by atoms with Crippen LogP contribution in [0.1, 0.15) is 13.3 Å². The Kier molecular flexibility index (Phi) is 4.52. The second-order valence-electron chi connectivity index (χ2n) is 5.01. The molecule has 6 nitrogen and oxygen atoms in total. The Hall–Kier alpha value is -2.89. The van der Waals surface area contributed by atoms with Gasteiger partial charge in [0.25, 0.3) is 0 Å². The van der Waals surface area contributed by atoms with Gasteiger partial charge in [-0.15, -0.1) is 0 Å². The average molecular weight is 310 g/mol. The van der Waals surface area contributed by atoms with E-state index in [1.54, 1.807) is 24.7 Å². The topological polar surface area (TPSA) is 69.0 Å². The highest BCUT2D eigenvalue weighted by Gasteiger charge is 2.09. The SMILES string of the molecule is CCOc1ncccc1NC(=O)CCn1cnc2ccccc21. The van der Waals surface area contributed by atoms with E-state index in [9.17, 15) is 4.79 Å². The minimum absolute atomic E-state index is 0.0864. The fourth-order valence-corrected chi connectivity index (χ4v) is 2.36. The average Bonchev–Trinajstić information content (AvgIpc) is 2.98. The molecule has 0 atom stereocenters. The third-order valence-corrected chi connectivity index (χ3v) is 3.43. The van der Waals surface area contributed by atoms with Crippen LogP contribution in [0.3, 0.4) is 0 Å². The molecule has 3 rings (SSSR count). The molecule has 1 aromatic carbocycles. The molecule has 118 valence electrons. The zero-order valence-corrected chi connectivity index (χ0v) is 12.9.